The minimum atomic E-state index is -0.114. The van der Waals surface area contributed by atoms with E-state index in [9.17, 15) is 4.79 Å². The number of anilines is 1. The fourth-order valence-corrected chi connectivity index (χ4v) is 1.83. The summed E-state index contributed by atoms with van der Waals surface area (Å²) >= 11 is 6.10. The summed E-state index contributed by atoms with van der Waals surface area (Å²) in [5.41, 5.74) is 0.655. The van der Waals surface area contributed by atoms with Crippen molar-refractivity contribution in [1.29, 1.82) is 0 Å². The lowest BCUT2D eigenvalue weighted by Gasteiger charge is -2.13. The lowest BCUT2D eigenvalue weighted by Crippen LogP contribution is -2.28. The lowest BCUT2D eigenvalue weighted by molar-refractivity contribution is -0.119. The molecule has 0 aliphatic carbocycles. The molecule has 0 aliphatic heterocycles. The van der Waals surface area contributed by atoms with Crippen LogP contribution in [0.1, 0.15) is 6.92 Å². The molecule has 0 bridgehead atoms. The molecule has 20 heavy (non-hydrogen) atoms. The zero-order valence-electron chi connectivity index (χ0n) is 12.0. The summed E-state index contributed by atoms with van der Waals surface area (Å²) in [5.74, 6) is 0.407. The van der Waals surface area contributed by atoms with Crippen LogP contribution in [0.5, 0.6) is 5.75 Å². The molecule has 0 aromatic heterocycles. The van der Waals surface area contributed by atoms with Crippen LogP contribution in [0.15, 0.2) is 18.2 Å². The van der Waals surface area contributed by atoms with Crippen molar-refractivity contribution >= 4 is 23.2 Å². The number of amides is 1. The number of halogens is 1. The molecule has 5 nitrogen and oxygen atoms in total. The van der Waals surface area contributed by atoms with Crippen LogP contribution in [-0.4, -0.2) is 39.8 Å². The Balaban J connectivity index is 2.60. The van der Waals surface area contributed by atoms with Gasteiger partial charge in [0.2, 0.25) is 5.91 Å². The smallest absolute Gasteiger partial charge is 0.228 e. The molecule has 0 radical (unpaired) electrons. The van der Waals surface area contributed by atoms with Crippen molar-refractivity contribution in [2.75, 3.05) is 39.2 Å². The largest absolute Gasteiger partial charge is 0.490 e. The van der Waals surface area contributed by atoms with Gasteiger partial charge >= 0.3 is 0 Å². The second-order valence-corrected chi connectivity index (χ2v) is 4.84. The fourth-order valence-electron chi connectivity index (χ4n) is 1.59. The summed E-state index contributed by atoms with van der Waals surface area (Å²) in [6.45, 7) is 3.41. The predicted molar refractivity (Wildman–Crippen MR) is 80.5 cm³/mol. The number of carbonyl (C=O) groups excluding carboxylic acids is 1. The first-order chi connectivity index (χ1) is 9.58. The molecule has 1 aromatic carbocycles. The van der Waals surface area contributed by atoms with Gasteiger partial charge in [0.25, 0.3) is 0 Å². The van der Waals surface area contributed by atoms with Crippen molar-refractivity contribution in [1.82, 2.24) is 5.32 Å². The molecule has 1 aromatic rings. The number of rotatable bonds is 8. The van der Waals surface area contributed by atoms with E-state index < -0.39 is 0 Å². The maximum atomic E-state index is 11.9. The summed E-state index contributed by atoms with van der Waals surface area (Å²) in [4.78, 5) is 11.9. The third-order valence-electron chi connectivity index (χ3n) is 2.70. The normalized spacial score (nSPS) is 12.0. The Morgan fingerprint density at radius 1 is 1.40 bits per heavy atom. The molecular formula is C14H21ClN2O3. The van der Waals surface area contributed by atoms with Crippen LogP contribution in [0.3, 0.4) is 0 Å². The van der Waals surface area contributed by atoms with Gasteiger partial charge < -0.3 is 20.1 Å². The van der Waals surface area contributed by atoms with E-state index in [0.717, 1.165) is 0 Å². The second-order valence-electron chi connectivity index (χ2n) is 4.43. The van der Waals surface area contributed by atoms with Gasteiger partial charge in [-0.05, 0) is 25.2 Å². The summed E-state index contributed by atoms with van der Waals surface area (Å²) in [6, 6.07) is 5.17. The molecule has 0 aliphatic rings. The SMILES string of the molecule is CNCC(C)C(=O)Nc1ccc(OCCOC)c(Cl)c1. The van der Waals surface area contributed by atoms with Gasteiger partial charge in [0.1, 0.15) is 12.4 Å². The molecule has 1 atom stereocenters. The number of ether oxygens (including phenoxy) is 2. The Bertz CT molecular complexity index is 440. The number of nitrogens with one attached hydrogen (secondary N) is 2. The Hall–Kier alpha value is -1.30. The van der Waals surface area contributed by atoms with Crippen LogP contribution >= 0.6 is 11.6 Å². The Labute approximate surface area is 124 Å². The highest BCUT2D eigenvalue weighted by Gasteiger charge is 2.12. The van der Waals surface area contributed by atoms with E-state index in [-0.39, 0.29) is 11.8 Å². The van der Waals surface area contributed by atoms with E-state index in [1.807, 2.05) is 14.0 Å². The molecule has 0 saturated carbocycles. The summed E-state index contributed by atoms with van der Waals surface area (Å²) in [5, 5.41) is 6.24. The molecule has 1 amide bonds. The number of methoxy groups -OCH3 is 1. The standard InChI is InChI=1S/C14H21ClN2O3/c1-10(9-16-2)14(18)17-11-4-5-13(12(15)8-11)20-7-6-19-3/h4-5,8,10,16H,6-7,9H2,1-3H3,(H,17,18). The van der Waals surface area contributed by atoms with Crippen molar-refractivity contribution in [3.05, 3.63) is 23.2 Å². The van der Waals surface area contributed by atoms with Gasteiger partial charge in [-0.1, -0.05) is 18.5 Å². The first-order valence-electron chi connectivity index (χ1n) is 6.45. The van der Waals surface area contributed by atoms with Gasteiger partial charge in [0.15, 0.2) is 0 Å². The molecule has 0 heterocycles. The second kappa shape index (κ2) is 8.79. The van der Waals surface area contributed by atoms with Crippen molar-refractivity contribution in [3.8, 4) is 5.75 Å². The summed E-state index contributed by atoms with van der Waals surface area (Å²) in [7, 11) is 3.42. The monoisotopic (exact) mass is 300 g/mol. The number of hydrogen-bond acceptors (Lipinski definition) is 4. The lowest BCUT2D eigenvalue weighted by atomic mass is 10.1. The summed E-state index contributed by atoms with van der Waals surface area (Å²) in [6.07, 6.45) is 0. The van der Waals surface area contributed by atoms with Crippen molar-refractivity contribution < 1.29 is 14.3 Å². The summed E-state index contributed by atoms with van der Waals surface area (Å²) < 4.78 is 10.3. The van der Waals surface area contributed by atoms with Crippen molar-refractivity contribution in [2.24, 2.45) is 5.92 Å². The molecule has 0 saturated heterocycles. The molecule has 1 rings (SSSR count). The van der Waals surface area contributed by atoms with Crippen molar-refractivity contribution in [2.45, 2.75) is 6.92 Å². The average molecular weight is 301 g/mol. The zero-order chi connectivity index (χ0) is 15.0. The van der Waals surface area contributed by atoms with Crippen LogP contribution < -0.4 is 15.4 Å². The number of hydrogen-bond donors (Lipinski definition) is 2. The predicted octanol–water partition coefficient (Wildman–Crippen LogP) is 2.16. The maximum Gasteiger partial charge on any atom is 0.228 e. The third kappa shape index (κ3) is 5.36. The molecule has 112 valence electrons. The van der Waals surface area contributed by atoms with Gasteiger partial charge in [-0.25, -0.2) is 0 Å². The van der Waals surface area contributed by atoms with E-state index in [1.165, 1.54) is 0 Å². The highest BCUT2D eigenvalue weighted by atomic mass is 35.5. The molecule has 6 heteroatoms. The van der Waals surface area contributed by atoms with Crippen LogP contribution in [0, 0.1) is 5.92 Å². The molecule has 0 fully saturated rings. The van der Waals surface area contributed by atoms with Gasteiger partial charge in [-0.2, -0.15) is 0 Å². The molecule has 1 unspecified atom stereocenters. The van der Waals surface area contributed by atoms with E-state index in [4.69, 9.17) is 21.1 Å². The van der Waals surface area contributed by atoms with Crippen LogP contribution in [0.4, 0.5) is 5.69 Å². The number of carbonyl (C=O) groups is 1. The highest BCUT2D eigenvalue weighted by molar-refractivity contribution is 6.32. The molecule has 2 N–H and O–H groups in total. The third-order valence-corrected chi connectivity index (χ3v) is 3.00. The zero-order valence-corrected chi connectivity index (χ0v) is 12.8. The van der Waals surface area contributed by atoms with E-state index in [1.54, 1.807) is 25.3 Å². The van der Waals surface area contributed by atoms with E-state index in [0.29, 0.717) is 36.2 Å². The van der Waals surface area contributed by atoms with E-state index in [2.05, 4.69) is 10.6 Å². The Morgan fingerprint density at radius 2 is 2.15 bits per heavy atom. The van der Waals surface area contributed by atoms with Gasteiger partial charge in [-0.3, -0.25) is 4.79 Å². The molecular weight excluding hydrogens is 280 g/mol. The first-order valence-corrected chi connectivity index (χ1v) is 6.83. The van der Waals surface area contributed by atoms with Crippen LogP contribution in [0.2, 0.25) is 5.02 Å². The highest BCUT2D eigenvalue weighted by Crippen LogP contribution is 2.27. The minimum absolute atomic E-state index is 0.0523. The Morgan fingerprint density at radius 3 is 2.75 bits per heavy atom. The topological polar surface area (TPSA) is 59.6 Å². The van der Waals surface area contributed by atoms with Crippen molar-refractivity contribution in [3.63, 3.8) is 0 Å². The van der Waals surface area contributed by atoms with E-state index >= 15 is 0 Å². The van der Waals surface area contributed by atoms with Crippen LogP contribution in [0.25, 0.3) is 0 Å². The fraction of sp³-hybridized carbons (Fsp3) is 0.500. The van der Waals surface area contributed by atoms with Gasteiger partial charge in [0.05, 0.1) is 11.6 Å². The number of benzene rings is 1. The quantitative estimate of drug-likeness (QED) is 0.722. The minimum Gasteiger partial charge on any atom is -0.490 e. The average Bonchev–Trinajstić information content (AvgIpc) is 2.41. The van der Waals surface area contributed by atoms with Crippen LogP contribution in [-0.2, 0) is 9.53 Å². The van der Waals surface area contributed by atoms with Gasteiger partial charge in [0, 0.05) is 25.3 Å². The van der Waals surface area contributed by atoms with Gasteiger partial charge in [-0.15, -0.1) is 0 Å². The Kier molecular flexibility index (Phi) is 7.36. The maximum absolute atomic E-state index is 11.9. The molecule has 0 spiro atoms. The first kappa shape index (κ1) is 16.8.